The average Bonchev–Trinajstić information content (AvgIpc) is 3.21. The Morgan fingerprint density at radius 3 is 2.84 bits per heavy atom. The van der Waals surface area contributed by atoms with Gasteiger partial charge in [0, 0.05) is 4.88 Å². The number of thiophene rings is 1. The van der Waals surface area contributed by atoms with E-state index in [2.05, 4.69) is 16.0 Å². The number of aromatic amines is 1. The van der Waals surface area contributed by atoms with Crippen molar-refractivity contribution in [3.05, 3.63) is 92.3 Å². The van der Waals surface area contributed by atoms with Crippen molar-refractivity contribution in [2.45, 2.75) is 32.3 Å². The molecule has 4 aromatic rings. The van der Waals surface area contributed by atoms with Crippen LogP contribution in [0.4, 0.5) is 0 Å². The van der Waals surface area contributed by atoms with Crippen LogP contribution in [-0.4, -0.2) is 9.97 Å². The number of hydrogen-bond donors (Lipinski definition) is 1. The van der Waals surface area contributed by atoms with Crippen LogP contribution in [0.3, 0.4) is 0 Å². The lowest BCUT2D eigenvalue weighted by Gasteiger charge is -2.09. The van der Waals surface area contributed by atoms with E-state index in [1.165, 1.54) is 4.88 Å². The summed E-state index contributed by atoms with van der Waals surface area (Å²) in [5, 5.41) is 10.5. The van der Waals surface area contributed by atoms with Gasteiger partial charge in [-0.1, -0.05) is 42.5 Å². The molecule has 0 radical (unpaired) electrons. The second-order valence-electron chi connectivity index (χ2n) is 7.82. The SMILES string of the molecule is N#C/C(=C\c1cccc(OCc2ccccc2)c1)c1nc2sc3c(c2c(=O)[nH]1)CCCC3. The number of H-pyrrole nitrogens is 1. The molecule has 2 aromatic carbocycles. The number of aromatic nitrogens is 2. The van der Waals surface area contributed by atoms with Gasteiger partial charge in [-0.15, -0.1) is 11.3 Å². The molecule has 0 atom stereocenters. The number of nitrogens with one attached hydrogen (secondary N) is 1. The van der Waals surface area contributed by atoms with Crippen molar-refractivity contribution in [3.63, 3.8) is 0 Å². The molecule has 0 amide bonds. The van der Waals surface area contributed by atoms with E-state index in [0.717, 1.165) is 47.2 Å². The maximum Gasteiger partial charge on any atom is 0.260 e. The Bertz CT molecular complexity index is 1410. The fourth-order valence-corrected chi connectivity index (χ4v) is 5.31. The number of ether oxygens (including phenoxy) is 1. The zero-order valence-corrected chi connectivity index (χ0v) is 18.2. The Hall–Kier alpha value is -3.69. The van der Waals surface area contributed by atoms with Crippen LogP contribution in [0, 0.1) is 11.3 Å². The monoisotopic (exact) mass is 439 g/mol. The predicted molar refractivity (Wildman–Crippen MR) is 128 cm³/mol. The van der Waals surface area contributed by atoms with Gasteiger partial charge < -0.3 is 9.72 Å². The lowest BCUT2D eigenvalue weighted by atomic mass is 9.97. The van der Waals surface area contributed by atoms with E-state index in [1.807, 2.05) is 54.6 Å². The first-order valence-corrected chi connectivity index (χ1v) is 11.5. The second kappa shape index (κ2) is 8.81. The van der Waals surface area contributed by atoms with Gasteiger partial charge in [0.25, 0.3) is 5.56 Å². The Morgan fingerprint density at radius 1 is 1.16 bits per heavy atom. The topological polar surface area (TPSA) is 78.8 Å². The smallest absolute Gasteiger partial charge is 0.260 e. The number of nitrogens with zero attached hydrogens (tertiary/aromatic N) is 2. The highest BCUT2D eigenvalue weighted by Gasteiger charge is 2.20. The van der Waals surface area contributed by atoms with Crippen molar-refractivity contribution in [2.75, 3.05) is 0 Å². The number of rotatable bonds is 5. The lowest BCUT2D eigenvalue weighted by Crippen LogP contribution is -2.12. The maximum absolute atomic E-state index is 12.8. The Labute approximate surface area is 189 Å². The molecule has 1 aliphatic carbocycles. The van der Waals surface area contributed by atoms with E-state index in [9.17, 15) is 10.1 Å². The van der Waals surface area contributed by atoms with E-state index in [0.29, 0.717) is 29.1 Å². The highest BCUT2D eigenvalue weighted by molar-refractivity contribution is 7.18. The highest BCUT2D eigenvalue weighted by Crippen LogP contribution is 2.34. The molecule has 0 aliphatic heterocycles. The number of fused-ring (bicyclic) bond motifs is 3. The fourth-order valence-electron chi connectivity index (χ4n) is 4.05. The van der Waals surface area contributed by atoms with Crippen LogP contribution < -0.4 is 10.3 Å². The zero-order chi connectivity index (χ0) is 21.9. The molecule has 2 heterocycles. The molecule has 0 fully saturated rings. The second-order valence-corrected chi connectivity index (χ2v) is 8.91. The minimum Gasteiger partial charge on any atom is -0.489 e. The molecule has 0 spiro atoms. The van der Waals surface area contributed by atoms with Crippen molar-refractivity contribution in [1.29, 1.82) is 5.26 Å². The van der Waals surface area contributed by atoms with Gasteiger partial charge >= 0.3 is 0 Å². The van der Waals surface area contributed by atoms with Crippen molar-refractivity contribution >= 4 is 33.2 Å². The summed E-state index contributed by atoms with van der Waals surface area (Å²) in [4.78, 5) is 22.3. The van der Waals surface area contributed by atoms with Crippen LogP contribution in [0.25, 0.3) is 21.9 Å². The summed E-state index contributed by atoms with van der Waals surface area (Å²) in [6.45, 7) is 0.466. The summed E-state index contributed by atoms with van der Waals surface area (Å²) in [6.07, 6.45) is 5.91. The van der Waals surface area contributed by atoms with Gasteiger partial charge in [0.15, 0.2) is 5.82 Å². The molecular weight excluding hydrogens is 418 g/mol. The normalized spacial score (nSPS) is 13.5. The Morgan fingerprint density at radius 2 is 2.00 bits per heavy atom. The highest BCUT2D eigenvalue weighted by atomic mass is 32.1. The third-order valence-electron chi connectivity index (χ3n) is 5.62. The molecule has 32 heavy (non-hydrogen) atoms. The third-order valence-corrected chi connectivity index (χ3v) is 6.80. The van der Waals surface area contributed by atoms with Crippen LogP contribution in [0.2, 0.25) is 0 Å². The van der Waals surface area contributed by atoms with Gasteiger partial charge in [-0.2, -0.15) is 5.26 Å². The van der Waals surface area contributed by atoms with Gasteiger partial charge in [0.1, 0.15) is 23.3 Å². The molecule has 5 nitrogen and oxygen atoms in total. The summed E-state index contributed by atoms with van der Waals surface area (Å²) < 4.78 is 5.89. The molecule has 0 saturated carbocycles. The van der Waals surface area contributed by atoms with Crippen molar-refractivity contribution in [3.8, 4) is 11.8 Å². The molecule has 5 rings (SSSR count). The van der Waals surface area contributed by atoms with E-state index < -0.39 is 0 Å². The van der Waals surface area contributed by atoms with E-state index in [4.69, 9.17) is 4.74 Å². The molecule has 0 unspecified atom stereocenters. The minimum atomic E-state index is -0.162. The molecule has 2 aromatic heterocycles. The van der Waals surface area contributed by atoms with Crippen molar-refractivity contribution < 1.29 is 4.74 Å². The van der Waals surface area contributed by atoms with E-state index >= 15 is 0 Å². The van der Waals surface area contributed by atoms with Crippen LogP contribution >= 0.6 is 11.3 Å². The van der Waals surface area contributed by atoms with Gasteiger partial charge in [0.2, 0.25) is 0 Å². The van der Waals surface area contributed by atoms with Crippen LogP contribution in [-0.2, 0) is 19.4 Å². The fraction of sp³-hybridized carbons (Fsp3) is 0.192. The van der Waals surface area contributed by atoms with Gasteiger partial charge in [-0.3, -0.25) is 4.79 Å². The molecule has 1 N–H and O–H groups in total. The van der Waals surface area contributed by atoms with Crippen LogP contribution in [0.5, 0.6) is 5.75 Å². The summed E-state index contributed by atoms with van der Waals surface area (Å²) >= 11 is 1.58. The molecule has 6 heteroatoms. The summed E-state index contributed by atoms with van der Waals surface area (Å²) in [5.41, 5.74) is 3.18. The average molecular weight is 440 g/mol. The van der Waals surface area contributed by atoms with Gasteiger partial charge in [0.05, 0.1) is 11.0 Å². The first-order valence-electron chi connectivity index (χ1n) is 10.6. The molecule has 0 saturated heterocycles. The van der Waals surface area contributed by atoms with Crippen molar-refractivity contribution in [1.82, 2.24) is 9.97 Å². The van der Waals surface area contributed by atoms with Gasteiger partial charge in [-0.25, -0.2) is 4.98 Å². The molecule has 0 bridgehead atoms. The molecule has 158 valence electrons. The van der Waals surface area contributed by atoms with Crippen LogP contribution in [0.1, 0.15) is 40.2 Å². The Kier molecular flexibility index (Phi) is 5.57. The standard InChI is InChI=1S/C26H21N3O2S/c27-15-19(13-18-9-6-10-20(14-18)31-16-17-7-2-1-3-8-17)24-28-25(30)23-21-11-4-5-12-22(21)32-26(23)29-24/h1-3,6-10,13-14H,4-5,11-12,16H2,(H,28,29,30)/b19-13+. The molecular formula is C26H21N3O2S. The summed E-state index contributed by atoms with van der Waals surface area (Å²) in [5.74, 6) is 1.02. The minimum absolute atomic E-state index is 0.162. The third kappa shape index (κ3) is 4.08. The van der Waals surface area contributed by atoms with E-state index in [1.54, 1.807) is 17.4 Å². The first kappa shape index (κ1) is 20.2. The zero-order valence-electron chi connectivity index (χ0n) is 17.4. The number of allylic oxidation sites excluding steroid dienone is 1. The maximum atomic E-state index is 12.8. The quantitative estimate of drug-likeness (QED) is 0.416. The number of hydrogen-bond acceptors (Lipinski definition) is 5. The lowest BCUT2D eigenvalue weighted by molar-refractivity contribution is 0.306. The van der Waals surface area contributed by atoms with Crippen LogP contribution in [0.15, 0.2) is 59.4 Å². The predicted octanol–water partition coefficient (Wildman–Crippen LogP) is 5.51. The first-order chi connectivity index (χ1) is 15.7. The Balaban J connectivity index is 1.45. The number of benzene rings is 2. The largest absolute Gasteiger partial charge is 0.489 e. The number of nitriles is 1. The van der Waals surface area contributed by atoms with Gasteiger partial charge in [-0.05, 0) is 60.6 Å². The summed E-state index contributed by atoms with van der Waals surface area (Å²) in [6, 6.07) is 19.7. The van der Waals surface area contributed by atoms with Crippen molar-refractivity contribution in [2.24, 2.45) is 0 Å². The summed E-state index contributed by atoms with van der Waals surface area (Å²) in [7, 11) is 0. The molecule has 1 aliphatic rings. The van der Waals surface area contributed by atoms with E-state index in [-0.39, 0.29) is 5.56 Å². The number of aryl methyl sites for hydroxylation is 2.